The molecule has 0 aromatic heterocycles. The maximum atomic E-state index is 12.0. The van der Waals surface area contributed by atoms with Crippen molar-refractivity contribution in [3.05, 3.63) is 62.1 Å². The minimum absolute atomic E-state index is 0.0398. The molecule has 0 aliphatic heterocycles. The van der Waals surface area contributed by atoms with Gasteiger partial charge >= 0.3 is 5.97 Å². The average molecular weight is 427 g/mol. The highest BCUT2D eigenvalue weighted by Gasteiger charge is 2.19. The second-order valence-electron chi connectivity index (χ2n) is 5.75. The molecule has 0 aliphatic rings. The van der Waals surface area contributed by atoms with E-state index in [0.29, 0.717) is 10.8 Å². The SMILES string of the molecule is Cc1cc(Cl)ccc1OC(C)C(=O)OCC(=O)Nc1cc([N+](=O)[O-])ccc1Cl. The van der Waals surface area contributed by atoms with Gasteiger partial charge in [0.2, 0.25) is 0 Å². The van der Waals surface area contributed by atoms with Crippen molar-refractivity contribution in [3.8, 4) is 5.75 Å². The number of ether oxygens (including phenoxy) is 2. The Balaban J connectivity index is 1.90. The Labute approximate surface area is 170 Å². The van der Waals surface area contributed by atoms with Gasteiger partial charge in [-0.1, -0.05) is 23.2 Å². The van der Waals surface area contributed by atoms with E-state index < -0.39 is 29.5 Å². The Bertz CT molecular complexity index is 919. The van der Waals surface area contributed by atoms with Crippen molar-refractivity contribution in [2.45, 2.75) is 20.0 Å². The van der Waals surface area contributed by atoms with Gasteiger partial charge < -0.3 is 14.8 Å². The molecule has 1 atom stereocenters. The molecule has 28 heavy (non-hydrogen) atoms. The fourth-order valence-electron chi connectivity index (χ4n) is 2.15. The number of nitro benzene ring substituents is 1. The normalized spacial score (nSPS) is 11.4. The van der Waals surface area contributed by atoms with Crippen molar-refractivity contribution in [2.75, 3.05) is 11.9 Å². The summed E-state index contributed by atoms with van der Waals surface area (Å²) in [6, 6.07) is 8.53. The van der Waals surface area contributed by atoms with E-state index in [1.165, 1.54) is 19.1 Å². The van der Waals surface area contributed by atoms with Gasteiger partial charge in [0, 0.05) is 17.2 Å². The fourth-order valence-corrected chi connectivity index (χ4v) is 2.54. The Hall–Kier alpha value is -2.84. The molecule has 0 heterocycles. The molecule has 0 saturated carbocycles. The van der Waals surface area contributed by atoms with E-state index in [1.54, 1.807) is 25.1 Å². The zero-order valence-electron chi connectivity index (χ0n) is 14.9. The first-order valence-electron chi connectivity index (χ1n) is 8.00. The summed E-state index contributed by atoms with van der Waals surface area (Å²) < 4.78 is 10.4. The van der Waals surface area contributed by atoms with Crippen LogP contribution >= 0.6 is 23.2 Å². The van der Waals surface area contributed by atoms with E-state index >= 15 is 0 Å². The molecule has 2 aromatic carbocycles. The van der Waals surface area contributed by atoms with Crippen molar-refractivity contribution < 1.29 is 24.0 Å². The number of benzene rings is 2. The summed E-state index contributed by atoms with van der Waals surface area (Å²) in [7, 11) is 0. The molecule has 1 unspecified atom stereocenters. The minimum atomic E-state index is -0.964. The average Bonchev–Trinajstić information content (AvgIpc) is 2.63. The van der Waals surface area contributed by atoms with Crippen LogP contribution < -0.4 is 10.1 Å². The van der Waals surface area contributed by atoms with Crippen molar-refractivity contribution >= 4 is 46.5 Å². The molecule has 0 fully saturated rings. The molecule has 1 amide bonds. The van der Waals surface area contributed by atoms with Crippen LogP contribution in [0, 0.1) is 17.0 Å². The van der Waals surface area contributed by atoms with Gasteiger partial charge in [0.25, 0.3) is 11.6 Å². The number of hydrogen-bond donors (Lipinski definition) is 1. The largest absolute Gasteiger partial charge is 0.479 e. The Kier molecular flexibility index (Phi) is 7.19. The molecule has 0 bridgehead atoms. The molecule has 1 N–H and O–H groups in total. The monoisotopic (exact) mass is 426 g/mol. The van der Waals surface area contributed by atoms with Crippen molar-refractivity contribution in [3.63, 3.8) is 0 Å². The smallest absolute Gasteiger partial charge is 0.347 e. The zero-order chi connectivity index (χ0) is 20.8. The van der Waals surface area contributed by atoms with Crippen molar-refractivity contribution in [2.24, 2.45) is 0 Å². The number of aryl methyl sites for hydroxylation is 1. The highest BCUT2D eigenvalue weighted by molar-refractivity contribution is 6.33. The van der Waals surface area contributed by atoms with Gasteiger partial charge in [0.15, 0.2) is 12.7 Å². The van der Waals surface area contributed by atoms with Crippen LogP contribution in [0.2, 0.25) is 10.0 Å². The minimum Gasteiger partial charge on any atom is -0.479 e. The number of anilines is 1. The molecule has 0 spiro atoms. The van der Waals surface area contributed by atoms with Gasteiger partial charge in [0.1, 0.15) is 5.75 Å². The molecule has 0 aliphatic carbocycles. The summed E-state index contributed by atoms with van der Waals surface area (Å²) in [4.78, 5) is 34.1. The standard InChI is InChI=1S/C18H16Cl2N2O6/c1-10-7-12(19)3-6-16(10)28-11(2)18(24)27-9-17(23)21-15-8-13(22(25)26)4-5-14(15)20/h3-8,11H,9H2,1-2H3,(H,21,23). The summed E-state index contributed by atoms with van der Waals surface area (Å²) in [5.41, 5.74) is 0.542. The van der Waals surface area contributed by atoms with E-state index in [2.05, 4.69) is 5.32 Å². The Morgan fingerprint density at radius 3 is 2.57 bits per heavy atom. The Morgan fingerprint density at radius 1 is 1.21 bits per heavy atom. The second-order valence-corrected chi connectivity index (χ2v) is 6.59. The summed E-state index contributed by atoms with van der Waals surface area (Å²) in [5.74, 6) is -0.998. The number of carbonyl (C=O) groups is 2. The van der Waals surface area contributed by atoms with Crippen LogP contribution in [-0.4, -0.2) is 29.5 Å². The number of nitrogens with one attached hydrogen (secondary N) is 1. The molecular weight excluding hydrogens is 411 g/mol. The third-order valence-electron chi connectivity index (χ3n) is 3.55. The highest BCUT2D eigenvalue weighted by atomic mass is 35.5. The van der Waals surface area contributed by atoms with Gasteiger partial charge in [-0.2, -0.15) is 0 Å². The lowest BCUT2D eigenvalue weighted by Crippen LogP contribution is -2.30. The third kappa shape index (κ3) is 5.83. The summed E-state index contributed by atoms with van der Waals surface area (Å²) in [6.07, 6.45) is -0.964. The van der Waals surface area contributed by atoms with E-state index in [-0.39, 0.29) is 16.4 Å². The maximum Gasteiger partial charge on any atom is 0.347 e. The fraction of sp³-hybridized carbons (Fsp3) is 0.222. The van der Waals surface area contributed by atoms with Crippen LogP contribution in [0.15, 0.2) is 36.4 Å². The van der Waals surface area contributed by atoms with Crippen LogP contribution in [0.5, 0.6) is 5.75 Å². The van der Waals surface area contributed by atoms with Crippen LogP contribution in [-0.2, 0) is 14.3 Å². The van der Waals surface area contributed by atoms with Crippen LogP contribution in [0.25, 0.3) is 0 Å². The van der Waals surface area contributed by atoms with Gasteiger partial charge in [-0.3, -0.25) is 14.9 Å². The van der Waals surface area contributed by atoms with Gasteiger partial charge in [-0.25, -0.2) is 4.79 Å². The quantitative estimate of drug-likeness (QED) is 0.404. The topological polar surface area (TPSA) is 108 Å². The number of nitrogens with zero attached hydrogens (tertiary/aromatic N) is 1. The number of halogens is 2. The molecule has 2 aromatic rings. The lowest BCUT2D eigenvalue weighted by Gasteiger charge is -2.15. The summed E-state index contributed by atoms with van der Waals surface area (Å²) >= 11 is 11.8. The summed E-state index contributed by atoms with van der Waals surface area (Å²) in [6.45, 7) is 2.65. The lowest BCUT2D eigenvalue weighted by molar-refractivity contribution is -0.384. The second kappa shape index (κ2) is 9.38. The molecule has 2 rings (SSSR count). The number of esters is 1. The first kappa shape index (κ1) is 21.5. The lowest BCUT2D eigenvalue weighted by atomic mass is 10.2. The number of nitro groups is 1. The molecule has 10 heteroatoms. The van der Waals surface area contributed by atoms with E-state index in [0.717, 1.165) is 11.6 Å². The number of hydrogen-bond acceptors (Lipinski definition) is 6. The van der Waals surface area contributed by atoms with Gasteiger partial charge in [-0.15, -0.1) is 0 Å². The first-order valence-corrected chi connectivity index (χ1v) is 8.76. The molecular formula is C18H16Cl2N2O6. The van der Waals surface area contributed by atoms with Crippen LogP contribution in [0.1, 0.15) is 12.5 Å². The van der Waals surface area contributed by atoms with E-state index in [9.17, 15) is 19.7 Å². The van der Waals surface area contributed by atoms with Crippen molar-refractivity contribution in [1.29, 1.82) is 0 Å². The van der Waals surface area contributed by atoms with Crippen LogP contribution in [0.3, 0.4) is 0 Å². The molecule has 8 nitrogen and oxygen atoms in total. The number of carbonyl (C=O) groups excluding carboxylic acids is 2. The highest BCUT2D eigenvalue weighted by Crippen LogP contribution is 2.26. The molecule has 148 valence electrons. The van der Waals surface area contributed by atoms with E-state index in [4.69, 9.17) is 32.7 Å². The number of rotatable bonds is 7. The number of amides is 1. The van der Waals surface area contributed by atoms with Gasteiger partial charge in [-0.05, 0) is 43.7 Å². The van der Waals surface area contributed by atoms with Crippen LogP contribution in [0.4, 0.5) is 11.4 Å². The first-order chi connectivity index (χ1) is 13.2. The molecule has 0 saturated heterocycles. The predicted molar refractivity (Wildman–Crippen MR) is 104 cm³/mol. The van der Waals surface area contributed by atoms with E-state index in [1.807, 2.05) is 0 Å². The maximum absolute atomic E-state index is 12.0. The molecule has 0 radical (unpaired) electrons. The predicted octanol–water partition coefficient (Wildman–Crippen LogP) is 4.16. The number of non-ortho nitro benzene ring substituents is 1. The summed E-state index contributed by atoms with van der Waals surface area (Å²) in [5, 5.41) is 13.8. The third-order valence-corrected chi connectivity index (χ3v) is 4.12. The van der Waals surface area contributed by atoms with Crippen molar-refractivity contribution in [1.82, 2.24) is 0 Å². The zero-order valence-corrected chi connectivity index (χ0v) is 16.4. The van der Waals surface area contributed by atoms with Gasteiger partial charge in [0.05, 0.1) is 15.6 Å². The Morgan fingerprint density at radius 2 is 1.93 bits per heavy atom.